The topological polar surface area (TPSA) is 59.8 Å². The van der Waals surface area contributed by atoms with Crippen LogP contribution in [0.25, 0.3) is 6.08 Å². The first kappa shape index (κ1) is 15.1. The summed E-state index contributed by atoms with van der Waals surface area (Å²) in [7, 11) is 0. The third kappa shape index (κ3) is 3.34. The number of ether oxygens (including phenoxy) is 1. The van der Waals surface area contributed by atoms with Gasteiger partial charge in [-0.25, -0.2) is 4.79 Å². The van der Waals surface area contributed by atoms with Crippen molar-refractivity contribution in [3.8, 4) is 0 Å². The SMILES string of the molecule is CC1Cc2ccccc2N1C(=O)COC(=O)/C=C/c1ccco1. The standard InChI is InChI=1S/C18H17NO4/c1-13-11-14-5-2-3-7-16(14)19(13)17(20)12-23-18(21)9-8-15-6-4-10-22-15/h2-10,13H,11-12H2,1H3/b9-8+. The zero-order valence-corrected chi connectivity index (χ0v) is 12.8. The van der Waals surface area contributed by atoms with E-state index in [-0.39, 0.29) is 18.6 Å². The van der Waals surface area contributed by atoms with Gasteiger partial charge in [-0.05, 0) is 43.2 Å². The van der Waals surface area contributed by atoms with Crippen LogP contribution >= 0.6 is 0 Å². The summed E-state index contributed by atoms with van der Waals surface area (Å²) in [4.78, 5) is 25.7. The minimum atomic E-state index is -0.574. The fourth-order valence-electron chi connectivity index (χ4n) is 2.73. The van der Waals surface area contributed by atoms with Gasteiger partial charge < -0.3 is 14.1 Å². The van der Waals surface area contributed by atoms with Crippen LogP contribution in [0.4, 0.5) is 5.69 Å². The Labute approximate surface area is 134 Å². The summed E-state index contributed by atoms with van der Waals surface area (Å²) < 4.78 is 10.1. The van der Waals surface area contributed by atoms with Gasteiger partial charge in [0, 0.05) is 17.8 Å². The van der Waals surface area contributed by atoms with Gasteiger partial charge in [0.05, 0.1) is 6.26 Å². The van der Waals surface area contributed by atoms with Crippen LogP contribution in [0, 0.1) is 0 Å². The first-order valence-corrected chi connectivity index (χ1v) is 7.43. The summed E-state index contributed by atoms with van der Waals surface area (Å²) in [6.45, 7) is 1.70. The van der Waals surface area contributed by atoms with Gasteiger partial charge in [-0.3, -0.25) is 4.79 Å². The average molecular weight is 311 g/mol. The number of hydrogen-bond acceptors (Lipinski definition) is 4. The summed E-state index contributed by atoms with van der Waals surface area (Å²) in [6.07, 6.45) is 5.07. The quantitative estimate of drug-likeness (QED) is 0.643. The van der Waals surface area contributed by atoms with E-state index in [4.69, 9.17) is 9.15 Å². The summed E-state index contributed by atoms with van der Waals surface area (Å²) in [6, 6.07) is 11.3. The highest BCUT2D eigenvalue weighted by atomic mass is 16.5. The van der Waals surface area contributed by atoms with Gasteiger partial charge in [-0.15, -0.1) is 0 Å². The lowest BCUT2D eigenvalue weighted by molar-refractivity contribution is -0.143. The zero-order chi connectivity index (χ0) is 16.2. The van der Waals surface area contributed by atoms with E-state index in [9.17, 15) is 9.59 Å². The van der Waals surface area contributed by atoms with Gasteiger partial charge in [0.2, 0.25) is 0 Å². The summed E-state index contributed by atoms with van der Waals surface area (Å²) in [5.74, 6) is -0.243. The highest BCUT2D eigenvalue weighted by Crippen LogP contribution is 2.31. The molecule has 0 radical (unpaired) electrons. The monoisotopic (exact) mass is 311 g/mol. The number of rotatable bonds is 4. The van der Waals surface area contributed by atoms with Gasteiger partial charge in [0.1, 0.15) is 5.76 Å². The van der Waals surface area contributed by atoms with E-state index in [0.717, 1.165) is 17.7 Å². The molecule has 1 aromatic heterocycles. The Kier molecular flexibility index (Phi) is 4.28. The Morgan fingerprint density at radius 3 is 2.91 bits per heavy atom. The fraction of sp³-hybridized carbons (Fsp3) is 0.222. The van der Waals surface area contributed by atoms with Crippen LogP contribution in [0.2, 0.25) is 0 Å². The number of benzene rings is 1. The molecule has 5 nitrogen and oxygen atoms in total. The fourth-order valence-corrected chi connectivity index (χ4v) is 2.73. The number of amides is 1. The number of hydrogen-bond donors (Lipinski definition) is 0. The first-order chi connectivity index (χ1) is 11.1. The second-order valence-corrected chi connectivity index (χ2v) is 5.40. The maximum absolute atomic E-state index is 12.4. The van der Waals surface area contributed by atoms with Crippen LogP contribution in [0.5, 0.6) is 0 Å². The van der Waals surface area contributed by atoms with Crippen LogP contribution < -0.4 is 4.90 Å². The summed E-state index contributed by atoms with van der Waals surface area (Å²) in [5, 5.41) is 0. The van der Waals surface area contributed by atoms with E-state index < -0.39 is 5.97 Å². The normalized spacial score (nSPS) is 16.6. The predicted molar refractivity (Wildman–Crippen MR) is 85.8 cm³/mol. The highest BCUT2D eigenvalue weighted by Gasteiger charge is 2.30. The van der Waals surface area contributed by atoms with E-state index in [1.807, 2.05) is 31.2 Å². The van der Waals surface area contributed by atoms with Crippen LogP contribution in [0.3, 0.4) is 0 Å². The Morgan fingerprint density at radius 2 is 2.13 bits per heavy atom. The van der Waals surface area contributed by atoms with Gasteiger partial charge in [-0.2, -0.15) is 0 Å². The van der Waals surface area contributed by atoms with Crippen molar-refractivity contribution in [1.82, 2.24) is 0 Å². The zero-order valence-electron chi connectivity index (χ0n) is 12.8. The van der Waals surface area contributed by atoms with Crippen molar-refractivity contribution in [2.24, 2.45) is 0 Å². The van der Waals surface area contributed by atoms with Crippen molar-refractivity contribution in [1.29, 1.82) is 0 Å². The molecule has 3 rings (SSSR count). The Bertz CT molecular complexity index is 733. The lowest BCUT2D eigenvalue weighted by Gasteiger charge is -2.22. The third-order valence-corrected chi connectivity index (χ3v) is 3.74. The number of nitrogens with zero attached hydrogens (tertiary/aromatic N) is 1. The molecule has 0 bridgehead atoms. The van der Waals surface area contributed by atoms with Crippen molar-refractivity contribution in [3.63, 3.8) is 0 Å². The molecule has 1 unspecified atom stereocenters. The van der Waals surface area contributed by atoms with Crippen molar-refractivity contribution in [3.05, 3.63) is 60.1 Å². The lowest BCUT2D eigenvalue weighted by atomic mass is 10.1. The Morgan fingerprint density at radius 1 is 1.30 bits per heavy atom. The predicted octanol–water partition coefficient (Wildman–Crippen LogP) is 2.81. The molecule has 0 spiro atoms. The first-order valence-electron chi connectivity index (χ1n) is 7.43. The van der Waals surface area contributed by atoms with E-state index in [1.165, 1.54) is 18.4 Å². The molecule has 1 aliphatic heterocycles. The second kappa shape index (κ2) is 6.52. The highest BCUT2D eigenvalue weighted by molar-refractivity contribution is 5.98. The molecular formula is C18H17NO4. The van der Waals surface area contributed by atoms with Crippen LogP contribution in [-0.4, -0.2) is 24.5 Å². The van der Waals surface area contributed by atoms with E-state index in [2.05, 4.69) is 0 Å². The van der Waals surface area contributed by atoms with Gasteiger partial charge >= 0.3 is 5.97 Å². The molecule has 0 fully saturated rings. The van der Waals surface area contributed by atoms with Gasteiger partial charge in [0.15, 0.2) is 6.61 Å². The smallest absolute Gasteiger partial charge is 0.331 e. The van der Waals surface area contributed by atoms with E-state index in [1.54, 1.807) is 17.0 Å². The van der Waals surface area contributed by atoms with E-state index in [0.29, 0.717) is 5.76 Å². The molecule has 1 amide bonds. The number of furan rings is 1. The summed E-state index contributed by atoms with van der Waals surface area (Å²) in [5.41, 5.74) is 2.03. The van der Waals surface area contributed by atoms with Gasteiger partial charge in [0.25, 0.3) is 5.91 Å². The molecule has 118 valence electrons. The van der Waals surface area contributed by atoms with Crippen LogP contribution in [0.15, 0.2) is 53.2 Å². The minimum absolute atomic E-state index is 0.0669. The number of carbonyl (C=O) groups is 2. The van der Waals surface area contributed by atoms with Crippen LogP contribution in [0.1, 0.15) is 18.2 Å². The van der Waals surface area contributed by atoms with E-state index >= 15 is 0 Å². The van der Waals surface area contributed by atoms with Crippen molar-refractivity contribution in [2.75, 3.05) is 11.5 Å². The molecule has 1 aliphatic rings. The number of anilines is 1. The molecule has 1 aromatic carbocycles. The van der Waals surface area contributed by atoms with Crippen molar-refractivity contribution < 1.29 is 18.7 Å². The molecule has 1 atom stereocenters. The molecule has 0 saturated heterocycles. The summed E-state index contributed by atoms with van der Waals surface area (Å²) >= 11 is 0. The Balaban J connectivity index is 1.58. The maximum atomic E-state index is 12.4. The largest absolute Gasteiger partial charge is 0.465 e. The average Bonchev–Trinajstić information content (AvgIpc) is 3.17. The second-order valence-electron chi connectivity index (χ2n) is 5.40. The molecule has 2 aromatic rings. The van der Waals surface area contributed by atoms with Crippen LogP contribution in [-0.2, 0) is 20.7 Å². The maximum Gasteiger partial charge on any atom is 0.331 e. The minimum Gasteiger partial charge on any atom is -0.465 e. The van der Waals surface area contributed by atoms with Crippen molar-refractivity contribution >= 4 is 23.6 Å². The Hall–Kier alpha value is -2.82. The molecule has 0 aliphatic carbocycles. The van der Waals surface area contributed by atoms with Crippen molar-refractivity contribution in [2.45, 2.75) is 19.4 Å². The molecule has 2 heterocycles. The molecule has 5 heteroatoms. The number of esters is 1. The number of para-hydroxylation sites is 1. The lowest BCUT2D eigenvalue weighted by Crippen LogP contribution is -2.38. The van der Waals surface area contributed by atoms with Gasteiger partial charge in [-0.1, -0.05) is 18.2 Å². The third-order valence-electron chi connectivity index (χ3n) is 3.74. The number of carbonyl (C=O) groups excluding carboxylic acids is 2. The number of fused-ring (bicyclic) bond motifs is 1. The molecular weight excluding hydrogens is 294 g/mol. The molecule has 0 saturated carbocycles. The molecule has 0 N–H and O–H groups in total. The molecule has 23 heavy (non-hydrogen) atoms.